The van der Waals surface area contributed by atoms with Gasteiger partial charge in [-0.05, 0) is 32.1 Å². The number of hydrogen-bond donors (Lipinski definition) is 2. The zero-order valence-corrected chi connectivity index (χ0v) is 17.4. The molecule has 0 radical (unpaired) electrons. The van der Waals surface area contributed by atoms with Gasteiger partial charge in [-0.2, -0.15) is 20.5 Å². The third-order valence-corrected chi connectivity index (χ3v) is 6.36. The van der Waals surface area contributed by atoms with Crippen LogP contribution in [0.15, 0.2) is 17.1 Å². The summed E-state index contributed by atoms with van der Waals surface area (Å²) < 4.78 is 46.5. The van der Waals surface area contributed by atoms with Crippen LogP contribution in [-0.2, 0) is 11.3 Å². The number of fused-ring (bicyclic) bond motifs is 1. The summed E-state index contributed by atoms with van der Waals surface area (Å²) in [5, 5.41) is 6.58. The van der Waals surface area contributed by atoms with Gasteiger partial charge >= 0.3 is 6.61 Å². The Labute approximate surface area is 173 Å². The minimum absolute atomic E-state index is 0.0360. The predicted octanol–water partition coefficient (Wildman–Crippen LogP) is 2.98. The summed E-state index contributed by atoms with van der Waals surface area (Å²) in [7, 11) is 0. The van der Waals surface area contributed by atoms with Crippen LogP contribution in [0.1, 0.15) is 25.3 Å². The van der Waals surface area contributed by atoms with Gasteiger partial charge in [0.1, 0.15) is 5.75 Å². The highest BCUT2D eigenvalue weighted by Gasteiger charge is 2.31. The second kappa shape index (κ2) is 10.2. The van der Waals surface area contributed by atoms with Crippen molar-refractivity contribution in [3.63, 3.8) is 0 Å². The molecule has 10 heteroatoms. The maximum atomic E-state index is 12.8. The number of halogens is 2. The number of aliphatic imine (C=N–C) groups is 1. The van der Waals surface area contributed by atoms with Crippen molar-refractivity contribution in [1.29, 1.82) is 0 Å². The number of nitrogens with zero attached hydrogens (tertiary/aromatic N) is 1. The molecule has 1 fully saturated rings. The second-order valence-corrected chi connectivity index (χ2v) is 8.01. The molecule has 0 aromatic heterocycles. The van der Waals surface area contributed by atoms with E-state index in [-0.39, 0.29) is 23.8 Å². The van der Waals surface area contributed by atoms with Gasteiger partial charge in [-0.1, -0.05) is 0 Å². The fraction of sp³-hybridized carbons (Fsp3) is 0.632. The Morgan fingerprint density at radius 3 is 2.62 bits per heavy atom. The summed E-state index contributed by atoms with van der Waals surface area (Å²) >= 11 is 1.83. The maximum Gasteiger partial charge on any atom is 0.387 e. The second-order valence-electron chi connectivity index (χ2n) is 6.74. The molecule has 29 heavy (non-hydrogen) atoms. The summed E-state index contributed by atoms with van der Waals surface area (Å²) in [6.07, 6.45) is 4.04. The van der Waals surface area contributed by atoms with E-state index >= 15 is 0 Å². The topological polar surface area (TPSA) is 73.3 Å². The van der Waals surface area contributed by atoms with E-state index in [1.54, 1.807) is 6.07 Å². The van der Waals surface area contributed by atoms with Crippen LogP contribution in [-0.4, -0.2) is 56.7 Å². The van der Waals surface area contributed by atoms with E-state index in [1.165, 1.54) is 6.07 Å². The molecule has 2 heterocycles. The summed E-state index contributed by atoms with van der Waals surface area (Å²) in [6.45, 7) is 2.18. The largest absolute Gasteiger partial charge is 0.454 e. The normalized spacial score (nSPS) is 18.0. The van der Waals surface area contributed by atoms with E-state index in [2.05, 4.69) is 26.6 Å². The number of thioether (sulfide) groups is 1. The quantitative estimate of drug-likeness (QED) is 0.484. The molecule has 2 N–H and O–H groups in total. The molecule has 0 spiro atoms. The first-order valence-electron chi connectivity index (χ1n) is 9.57. The number of nitrogens with one attached hydrogen (secondary N) is 2. The molecular formula is C19H27F2N3O4S. The van der Waals surface area contributed by atoms with Crippen molar-refractivity contribution in [3.8, 4) is 17.2 Å². The standard InChI is InChI=1S/C19H27F2N3O4S/c1-3-22-18(24-11-19(29-2)4-6-25-7-5-19)23-10-13-8-15-16(27-12-26-15)9-14(13)28-17(20)21/h8-9,17H,3-7,10-12H2,1-2H3,(H2,22,23,24). The molecule has 2 aliphatic rings. The van der Waals surface area contributed by atoms with Crippen molar-refractivity contribution in [2.75, 3.05) is 39.4 Å². The zero-order valence-electron chi connectivity index (χ0n) is 16.6. The Balaban J connectivity index is 1.72. The number of guanidine groups is 1. The molecule has 1 aromatic rings. The zero-order chi connectivity index (χ0) is 20.7. The molecule has 1 saturated heterocycles. The highest BCUT2D eigenvalue weighted by atomic mass is 32.2. The van der Waals surface area contributed by atoms with E-state index in [9.17, 15) is 8.78 Å². The molecule has 0 atom stereocenters. The number of hydrogen-bond acceptors (Lipinski definition) is 6. The van der Waals surface area contributed by atoms with E-state index in [4.69, 9.17) is 14.2 Å². The summed E-state index contributed by atoms with van der Waals surface area (Å²) in [5.41, 5.74) is 0.498. The highest BCUT2D eigenvalue weighted by Crippen LogP contribution is 2.39. The van der Waals surface area contributed by atoms with E-state index in [0.717, 1.165) is 32.6 Å². The molecule has 1 aromatic carbocycles. The minimum Gasteiger partial charge on any atom is -0.454 e. The number of ether oxygens (including phenoxy) is 4. The Morgan fingerprint density at radius 2 is 1.97 bits per heavy atom. The van der Waals surface area contributed by atoms with Crippen LogP contribution in [0, 0.1) is 0 Å². The van der Waals surface area contributed by atoms with Crippen molar-refractivity contribution in [2.45, 2.75) is 37.7 Å². The van der Waals surface area contributed by atoms with Crippen LogP contribution in [0.25, 0.3) is 0 Å². The first-order chi connectivity index (χ1) is 14.0. The Kier molecular flexibility index (Phi) is 7.65. The lowest BCUT2D eigenvalue weighted by Gasteiger charge is -2.36. The first kappa shape index (κ1) is 21.8. The molecule has 162 valence electrons. The van der Waals surface area contributed by atoms with Gasteiger partial charge in [0.25, 0.3) is 0 Å². The average molecular weight is 432 g/mol. The van der Waals surface area contributed by atoms with Crippen molar-refractivity contribution in [1.82, 2.24) is 10.6 Å². The van der Waals surface area contributed by atoms with Crippen LogP contribution in [0.4, 0.5) is 8.78 Å². The molecule has 0 unspecified atom stereocenters. The number of alkyl halides is 2. The fourth-order valence-corrected chi connectivity index (χ4v) is 4.03. The molecule has 0 saturated carbocycles. The molecule has 0 aliphatic carbocycles. The molecule has 2 aliphatic heterocycles. The van der Waals surface area contributed by atoms with Crippen LogP contribution in [0.5, 0.6) is 17.2 Å². The fourth-order valence-electron chi connectivity index (χ4n) is 3.24. The van der Waals surface area contributed by atoms with Crippen LogP contribution in [0.3, 0.4) is 0 Å². The van der Waals surface area contributed by atoms with Crippen molar-refractivity contribution >= 4 is 17.7 Å². The summed E-state index contributed by atoms with van der Waals surface area (Å²) in [4.78, 5) is 4.56. The van der Waals surface area contributed by atoms with Gasteiger partial charge < -0.3 is 29.6 Å². The molecular weight excluding hydrogens is 404 g/mol. The third kappa shape index (κ3) is 5.79. The van der Waals surface area contributed by atoms with Crippen LogP contribution in [0.2, 0.25) is 0 Å². The van der Waals surface area contributed by atoms with Gasteiger partial charge in [-0.25, -0.2) is 4.99 Å². The van der Waals surface area contributed by atoms with Gasteiger partial charge in [0.2, 0.25) is 6.79 Å². The molecule has 0 bridgehead atoms. The molecule has 0 amide bonds. The number of rotatable bonds is 8. The third-order valence-electron chi connectivity index (χ3n) is 4.94. The van der Waals surface area contributed by atoms with Crippen molar-refractivity contribution in [3.05, 3.63) is 17.7 Å². The van der Waals surface area contributed by atoms with E-state index in [0.29, 0.717) is 29.6 Å². The average Bonchev–Trinajstić information content (AvgIpc) is 3.17. The smallest absolute Gasteiger partial charge is 0.387 e. The lowest BCUT2D eigenvalue weighted by molar-refractivity contribution is -0.0505. The monoisotopic (exact) mass is 431 g/mol. The summed E-state index contributed by atoms with van der Waals surface area (Å²) in [6, 6.07) is 3.05. The molecule has 7 nitrogen and oxygen atoms in total. The lowest BCUT2D eigenvalue weighted by atomic mass is 9.99. The van der Waals surface area contributed by atoms with E-state index in [1.807, 2.05) is 18.7 Å². The minimum atomic E-state index is -2.93. The van der Waals surface area contributed by atoms with Crippen LogP contribution >= 0.6 is 11.8 Å². The van der Waals surface area contributed by atoms with Crippen molar-refractivity contribution < 1.29 is 27.7 Å². The van der Waals surface area contributed by atoms with Gasteiger partial charge in [-0.15, -0.1) is 0 Å². The van der Waals surface area contributed by atoms with Crippen LogP contribution < -0.4 is 24.8 Å². The Morgan fingerprint density at radius 1 is 1.24 bits per heavy atom. The maximum absolute atomic E-state index is 12.8. The Hall–Kier alpha value is -1.94. The van der Waals surface area contributed by atoms with Gasteiger partial charge in [0.15, 0.2) is 17.5 Å². The first-order valence-corrected chi connectivity index (χ1v) is 10.8. The SMILES string of the molecule is CCNC(=NCc1cc2c(cc1OC(F)F)OCO2)NCC1(SC)CCOCC1. The highest BCUT2D eigenvalue weighted by molar-refractivity contribution is 8.00. The van der Waals surface area contributed by atoms with Gasteiger partial charge in [0.05, 0.1) is 6.54 Å². The number of benzene rings is 1. The van der Waals surface area contributed by atoms with Gasteiger partial charge in [0, 0.05) is 42.7 Å². The van der Waals surface area contributed by atoms with Gasteiger partial charge in [-0.3, -0.25) is 0 Å². The lowest BCUT2D eigenvalue weighted by Crippen LogP contribution is -2.47. The predicted molar refractivity (Wildman–Crippen MR) is 108 cm³/mol. The summed E-state index contributed by atoms with van der Waals surface area (Å²) in [5.74, 6) is 1.54. The van der Waals surface area contributed by atoms with E-state index < -0.39 is 6.61 Å². The van der Waals surface area contributed by atoms with Crippen molar-refractivity contribution in [2.24, 2.45) is 4.99 Å². The Bertz CT molecular complexity index is 715. The molecule has 3 rings (SSSR count).